The van der Waals surface area contributed by atoms with Gasteiger partial charge in [0.25, 0.3) is 0 Å². The van der Waals surface area contributed by atoms with Crippen LogP contribution >= 0.6 is 11.6 Å². The Bertz CT molecular complexity index is 1460. The minimum Gasteiger partial charge on any atom is -0.350 e. The summed E-state index contributed by atoms with van der Waals surface area (Å²) in [5.74, 6) is 0.855. The lowest BCUT2D eigenvalue weighted by molar-refractivity contribution is -0.133. The Morgan fingerprint density at radius 2 is 1.89 bits per heavy atom. The molecule has 0 radical (unpaired) electrons. The number of nitrogens with one attached hydrogen (secondary N) is 2. The van der Waals surface area contributed by atoms with Crippen molar-refractivity contribution < 1.29 is 14.1 Å². The second-order valence-electron chi connectivity index (χ2n) is 9.70. The van der Waals surface area contributed by atoms with Crippen LogP contribution in [0.4, 0.5) is 0 Å². The Hall–Kier alpha value is -3.65. The van der Waals surface area contributed by atoms with Gasteiger partial charge in [0.15, 0.2) is 0 Å². The van der Waals surface area contributed by atoms with Crippen molar-refractivity contribution in [1.82, 2.24) is 25.3 Å². The average molecular weight is 504 g/mol. The van der Waals surface area contributed by atoms with Gasteiger partial charge in [-0.15, -0.1) is 0 Å². The van der Waals surface area contributed by atoms with Crippen LogP contribution in [-0.2, 0) is 16.1 Å². The number of fused-ring (bicyclic) bond motifs is 1. The van der Waals surface area contributed by atoms with Crippen LogP contribution in [-0.4, -0.2) is 32.1 Å². The van der Waals surface area contributed by atoms with Crippen molar-refractivity contribution in [2.75, 3.05) is 0 Å². The number of aromatic nitrogens is 3. The molecule has 2 fully saturated rings. The lowest BCUT2D eigenvalue weighted by atomic mass is 9.84. The van der Waals surface area contributed by atoms with Gasteiger partial charge >= 0.3 is 0 Å². The molecule has 0 aliphatic heterocycles. The normalized spacial score (nSPS) is 16.5. The molecule has 0 spiro atoms. The maximum Gasteiger partial charge on any atom is 0.246 e. The fourth-order valence-electron chi connectivity index (χ4n) is 4.72. The van der Waals surface area contributed by atoms with Gasteiger partial charge in [-0.25, -0.2) is 0 Å². The van der Waals surface area contributed by atoms with Crippen molar-refractivity contribution in [2.45, 2.75) is 51.1 Å². The van der Waals surface area contributed by atoms with E-state index in [0.717, 1.165) is 41.4 Å². The van der Waals surface area contributed by atoms with E-state index in [-0.39, 0.29) is 17.7 Å². The smallest absolute Gasteiger partial charge is 0.246 e. The van der Waals surface area contributed by atoms with Gasteiger partial charge in [-0.2, -0.15) is 4.98 Å². The van der Waals surface area contributed by atoms with Crippen LogP contribution < -0.4 is 10.6 Å². The molecular weight excluding hydrogens is 478 g/mol. The minimum atomic E-state index is -0.731. The van der Waals surface area contributed by atoms with Crippen molar-refractivity contribution in [1.29, 1.82) is 0 Å². The number of halogens is 1. The molecule has 2 aromatic carbocycles. The molecule has 0 unspecified atom stereocenters. The fraction of sp³-hybridized carbons (Fsp3) is 0.333. The maximum absolute atomic E-state index is 12.8. The molecule has 2 heterocycles. The third-order valence-electron chi connectivity index (χ3n) is 7.22. The van der Waals surface area contributed by atoms with Crippen LogP contribution in [0.5, 0.6) is 0 Å². The zero-order valence-corrected chi connectivity index (χ0v) is 20.6. The summed E-state index contributed by atoms with van der Waals surface area (Å²) in [6, 6.07) is 15.8. The topological polar surface area (TPSA) is 102 Å². The van der Waals surface area contributed by atoms with Gasteiger partial charge in [-0.3, -0.25) is 9.59 Å². The van der Waals surface area contributed by atoms with E-state index in [2.05, 4.69) is 20.8 Å². The van der Waals surface area contributed by atoms with Gasteiger partial charge in [0.05, 0.1) is 10.5 Å². The third-order valence-corrected chi connectivity index (χ3v) is 7.61. The molecule has 2 saturated carbocycles. The molecule has 0 atom stereocenters. The number of aryl methyl sites for hydroxylation is 1. The van der Waals surface area contributed by atoms with E-state index in [1.807, 2.05) is 53.1 Å². The first kappa shape index (κ1) is 22.8. The number of hydrogen-bond donors (Lipinski definition) is 2. The van der Waals surface area contributed by atoms with E-state index in [1.54, 1.807) is 6.92 Å². The molecule has 2 aromatic heterocycles. The van der Waals surface area contributed by atoms with Gasteiger partial charge in [-0.05, 0) is 49.4 Å². The van der Waals surface area contributed by atoms with Gasteiger partial charge in [0, 0.05) is 30.5 Å². The molecular formula is C27H26ClN5O3. The summed E-state index contributed by atoms with van der Waals surface area (Å²) in [4.78, 5) is 29.6. The van der Waals surface area contributed by atoms with Crippen LogP contribution in [0.2, 0.25) is 5.02 Å². The summed E-state index contributed by atoms with van der Waals surface area (Å²) in [6.45, 7) is 2.12. The summed E-state index contributed by atoms with van der Waals surface area (Å²) in [5, 5.41) is 11.5. The molecule has 0 saturated heterocycles. The SMILES string of the molecule is Cc1nc(-c2c(Cl)c3ccccc3n2-c2ccc(CNC(=O)C3(NC(=O)C4CCC4)CC3)cc2)no1. The summed E-state index contributed by atoms with van der Waals surface area (Å²) >= 11 is 6.77. The second-order valence-corrected chi connectivity index (χ2v) is 10.1. The summed E-state index contributed by atoms with van der Waals surface area (Å²) in [7, 11) is 0. The molecule has 184 valence electrons. The Balaban J connectivity index is 1.21. The zero-order chi connectivity index (χ0) is 24.9. The quantitative estimate of drug-likeness (QED) is 0.380. The van der Waals surface area contributed by atoms with Crippen LogP contribution in [0.1, 0.15) is 43.6 Å². The van der Waals surface area contributed by atoms with E-state index in [1.165, 1.54) is 0 Å². The molecule has 2 aliphatic carbocycles. The van der Waals surface area contributed by atoms with E-state index in [0.29, 0.717) is 41.8 Å². The Labute approximate surface area is 213 Å². The highest BCUT2D eigenvalue weighted by Gasteiger charge is 2.51. The van der Waals surface area contributed by atoms with Crippen LogP contribution in [0.25, 0.3) is 28.1 Å². The van der Waals surface area contributed by atoms with Gasteiger partial charge in [0.1, 0.15) is 11.2 Å². The largest absolute Gasteiger partial charge is 0.350 e. The van der Waals surface area contributed by atoms with E-state index in [9.17, 15) is 9.59 Å². The Morgan fingerprint density at radius 1 is 1.14 bits per heavy atom. The van der Waals surface area contributed by atoms with E-state index in [4.69, 9.17) is 16.1 Å². The maximum atomic E-state index is 12.8. The highest BCUT2D eigenvalue weighted by atomic mass is 35.5. The van der Waals surface area contributed by atoms with Gasteiger partial charge in [-0.1, -0.05) is 53.5 Å². The average Bonchev–Trinajstić information content (AvgIpc) is 3.40. The van der Waals surface area contributed by atoms with E-state index < -0.39 is 5.54 Å². The number of nitrogens with zero attached hydrogens (tertiary/aromatic N) is 3. The standard InChI is InChI=1S/C27H26ClN5O3/c1-16-30-24(32-36-16)23-22(28)20-7-2-3-8-21(20)33(23)19-11-9-17(10-12-19)15-29-26(35)27(13-14-27)31-25(34)18-5-4-6-18/h2-3,7-12,18H,4-6,13-15H2,1H3,(H,29,35)(H,31,34). The van der Waals surface area contributed by atoms with Gasteiger partial charge < -0.3 is 19.7 Å². The first-order chi connectivity index (χ1) is 17.4. The number of carbonyl (C=O) groups is 2. The fourth-order valence-corrected chi connectivity index (χ4v) is 5.05. The molecule has 2 aliphatic rings. The zero-order valence-electron chi connectivity index (χ0n) is 19.9. The lowest BCUT2D eigenvalue weighted by Gasteiger charge is -2.27. The number of benzene rings is 2. The summed E-state index contributed by atoms with van der Waals surface area (Å²) < 4.78 is 7.23. The predicted octanol–water partition coefficient (Wildman–Crippen LogP) is 4.71. The Kier molecular flexibility index (Phi) is 5.56. The van der Waals surface area contributed by atoms with Crippen LogP contribution in [0.15, 0.2) is 53.1 Å². The number of para-hydroxylation sites is 1. The first-order valence-electron chi connectivity index (χ1n) is 12.2. The third kappa shape index (κ3) is 3.95. The molecule has 6 rings (SSSR count). The monoisotopic (exact) mass is 503 g/mol. The highest BCUT2D eigenvalue weighted by molar-refractivity contribution is 6.38. The van der Waals surface area contributed by atoms with Crippen molar-refractivity contribution in [3.8, 4) is 17.2 Å². The molecule has 8 nitrogen and oxygen atoms in total. The van der Waals surface area contributed by atoms with Crippen LogP contribution in [0, 0.1) is 12.8 Å². The molecule has 9 heteroatoms. The van der Waals surface area contributed by atoms with E-state index >= 15 is 0 Å². The number of hydrogen-bond acceptors (Lipinski definition) is 5. The minimum absolute atomic E-state index is 0.0171. The van der Waals surface area contributed by atoms with Crippen molar-refractivity contribution in [3.63, 3.8) is 0 Å². The number of carbonyl (C=O) groups excluding carboxylic acids is 2. The molecule has 2 N–H and O–H groups in total. The summed E-state index contributed by atoms with van der Waals surface area (Å²) in [5.41, 5.74) is 2.70. The first-order valence-corrected chi connectivity index (χ1v) is 12.6. The van der Waals surface area contributed by atoms with Crippen molar-refractivity contribution >= 4 is 34.3 Å². The molecule has 0 bridgehead atoms. The predicted molar refractivity (Wildman–Crippen MR) is 136 cm³/mol. The van der Waals surface area contributed by atoms with Crippen LogP contribution in [0.3, 0.4) is 0 Å². The van der Waals surface area contributed by atoms with Crippen molar-refractivity contribution in [2.24, 2.45) is 5.92 Å². The number of rotatable bonds is 7. The highest BCUT2D eigenvalue weighted by Crippen LogP contribution is 2.39. The second kappa shape index (κ2) is 8.78. The number of amides is 2. The van der Waals surface area contributed by atoms with Gasteiger partial charge in [0.2, 0.25) is 23.5 Å². The molecule has 4 aromatic rings. The van der Waals surface area contributed by atoms with Crippen molar-refractivity contribution in [3.05, 3.63) is 65.0 Å². The summed E-state index contributed by atoms with van der Waals surface area (Å²) in [6.07, 6.45) is 4.32. The Morgan fingerprint density at radius 3 is 2.53 bits per heavy atom. The lowest BCUT2D eigenvalue weighted by Crippen LogP contribution is -2.51. The molecule has 2 amide bonds. The molecule has 36 heavy (non-hydrogen) atoms.